The Morgan fingerprint density at radius 1 is 1.20 bits per heavy atom. The summed E-state index contributed by atoms with van der Waals surface area (Å²) in [4.78, 5) is 23.7. The summed E-state index contributed by atoms with van der Waals surface area (Å²) in [5.74, 6) is -2.32. The minimum absolute atomic E-state index is 0.328. The molecule has 8 heteroatoms. The van der Waals surface area contributed by atoms with Crippen molar-refractivity contribution in [2.45, 2.75) is 38.1 Å². The number of rotatable bonds is 7. The van der Waals surface area contributed by atoms with E-state index in [1.54, 1.807) is 18.2 Å². The van der Waals surface area contributed by atoms with Gasteiger partial charge in [0.15, 0.2) is 0 Å². The largest absolute Gasteiger partial charge is 0.480 e. The second-order valence-corrected chi connectivity index (χ2v) is 8.15. The molecule has 25 heavy (non-hydrogen) atoms. The van der Waals surface area contributed by atoms with E-state index >= 15 is 0 Å². The van der Waals surface area contributed by atoms with Gasteiger partial charge in [-0.2, -0.15) is 4.72 Å². The first-order chi connectivity index (χ1) is 11.8. The van der Waals surface area contributed by atoms with Crippen LogP contribution in [0.15, 0.2) is 30.3 Å². The van der Waals surface area contributed by atoms with Crippen molar-refractivity contribution in [3.05, 3.63) is 35.9 Å². The minimum Gasteiger partial charge on any atom is -0.480 e. The van der Waals surface area contributed by atoms with Crippen LogP contribution in [0.1, 0.15) is 43.7 Å². The maximum Gasteiger partial charge on any atom is 0.326 e. The molecule has 2 rings (SSSR count). The molecule has 0 aromatic heterocycles. The highest BCUT2D eigenvalue weighted by atomic mass is 32.2. The Kier molecular flexibility index (Phi) is 6.18. The molecule has 1 aliphatic carbocycles. The summed E-state index contributed by atoms with van der Waals surface area (Å²) in [7, 11) is -2.78. The van der Waals surface area contributed by atoms with Gasteiger partial charge in [-0.15, -0.1) is 0 Å². The number of hydrogen-bond donors (Lipinski definition) is 2. The van der Waals surface area contributed by atoms with E-state index in [9.17, 15) is 23.1 Å². The molecule has 0 aliphatic heterocycles. The second-order valence-electron chi connectivity index (χ2n) is 6.39. The molecule has 0 unspecified atom stereocenters. The highest BCUT2D eigenvalue weighted by molar-refractivity contribution is 7.89. The van der Waals surface area contributed by atoms with Crippen LogP contribution in [-0.2, 0) is 24.3 Å². The number of carboxylic acid groups (broad SMARTS) is 1. The zero-order chi connectivity index (χ0) is 18.5. The molecule has 1 saturated carbocycles. The van der Waals surface area contributed by atoms with E-state index in [0.29, 0.717) is 18.4 Å². The van der Waals surface area contributed by atoms with Gasteiger partial charge in [0, 0.05) is 0 Å². The molecule has 138 valence electrons. The standard InChI is InChI=1S/C17H23NO6S/c1-24-16(21)17(10-6-3-7-11-17)12-25(22,23)18-14(15(19)20)13-8-4-2-5-9-13/h2,4-5,8-9,14,18H,3,6-7,10-12H2,1H3,(H,19,20)/t14-/m0/s1. The normalized spacial score (nSPS) is 18.3. The number of ether oxygens (including phenoxy) is 1. The van der Waals surface area contributed by atoms with Crippen LogP contribution in [0.4, 0.5) is 0 Å². The van der Waals surface area contributed by atoms with Gasteiger partial charge in [0.25, 0.3) is 0 Å². The lowest BCUT2D eigenvalue weighted by Crippen LogP contribution is -2.45. The molecule has 7 nitrogen and oxygen atoms in total. The van der Waals surface area contributed by atoms with E-state index in [1.165, 1.54) is 19.2 Å². The number of esters is 1. The van der Waals surface area contributed by atoms with Gasteiger partial charge in [-0.25, -0.2) is 8.42 Å². The SMILES string of the molecule is COC(=O)C1(CS(=O)(=O)N[C@H](C(=O)O)c2ccccc2)CCCCC1. The number of aliphatic carboxylic acids is 1. The molecular formula is C17H23NO6S. The zero-order valence-electron chi connectivity index (χ0n) is 14.1. The number of carbonyl (C=O) groups excluding carboxylic acids is 1. The maximum absolute atomic E-state index is 12.6. The zero-order valence-corrected chi connectivity index (χ0v) is 14.9. The lowest BCUT2D eigenvalue weighted by molar-refractivity contribution is -0.153. The number of hydrogen-bond acceptors (Lipinski definition) is 5. The van der Waals surface area contributed by atoms with Gasteiger partial charge in [0.1, 0.15) is 6.04 Å². The van der Waals surface area contributed by atoms with E-state index < -0.39 is 39.2 Å². The van der Waals surface area contributed by atoms with Crippen molar-refractivity contribution in [1.29, 1.82) is 0 Å². The van der Waals surface area contributed by atoms with Crippen molar-refractivity contribution < 1.29 is 27.9 Å². The molecule has 0 bridgehead atoms. The molecule has 1 aliphatic rings. The second kappa shape index (κ2) is 7.97. The van der Waals surface area contributed by atoms with Crippen LogP contribution in [0.5, 0.6) is 0 Å². The summed E-state index contributed by atoms with van der Waals surface area (Å²) in [6.45, 7) is 0. The molecule has 0 heterocycles. The number of benzene rings is 1. The number of nitrogens with one attached hydrogen (secondary N) is 1. The van der Waals surface area contributed by atoms with Crippen LogP contribution < -0.4 is 4.72 Å². The highest BCUT2D eigenvalue weighted by Crippen LogP contribution is 2.38. The third-order valence-corrected chi connectivity index (χ3v) is 6.10. The fraction of sp³-hybridized carbons (Fsp3) is 0.529. The lowest BCUT2D eigenvalue weighted by atomic mass is 9.75. The van der Waals surface area contributed by atoms with Crippen molar-refractivity contribution in [1.82, 2.24) is 4.72 Å². The lowest BCUT2D eigenvalue weighted by Gasteiger charge is -2.34. The van der Waals surface area contributed by atoms with Crippen molar-refractivity contribution in [2.24, 2.45) is 5.41 Å². The van der Waals surface area contributed by atoms with Crippen molar-refractivity contribution in [2.75, 3.05) is 12.9 Å². The van der Waals surface area contributed by atoms with Crippen LogP contribution in [0, 0.1) is 5.41 Å². The van der Waals surface area contributed by atoms with Gasteiger partial charge < -0.3 is 9.84 Å². The van der Waals surface area contributed by atoms with E-state index in [0.717, 1.165) is 19.3 Å². The monoisotopic (exact) mass is 369 g/mol. The number of carbonyl (C=O) groups is 2. The average Bonchev–Trinajstić information content (AvgIpc) is 2.60. The first-order valence-corrected chi connectivity index (χ1v) is 9.81. The van der Waals surface area contributed by atoms with E-state index in [2.05, 4.69) is 4.72 Å². The van der Waals surface area contributed by atoms with E-state index in [-0.39, 0.29) is 0 Å². The fourth-order valence-electron chi connectivity index (χ4n) is 3.34. The summed E-state index contributed by atoms with van der Waals surface area (Å²) in [6.07, 6.45) is 3.26. The third kappa shape index (κ3) is 4.79. The molecule has 1 fully saturated rings. The van der Waals surface area contributed by atoms with Crippen LogP contribution in [-0.4, -0.2) is 38.3 Å². The van der Waals surface area contributed by atoms with Gasteiger partial charge in [-0.3, -0.25) is 9.59 Å². The Morgan fingerprint density at radius 3 is 2.32 bits per heavy atom. The molecule has 0 amide bonds. The fourth-order valence-corrected chi connectivity index (χ4v) is 5.16. The molecule has 0 spiro atoms. The van der Waals surface area contributed by atoms with Crippen molar-refractivity contribution in [3.8, 4) is 0 Å². The van der Waals surface area contributed by atoms with E-state index in [4.69, 9.17) is 4.74 Å². The van der Waals surface area contributed by atoms with Gasteiger partial charge >= 0.3 is 11.9 Å². The predicted molar refractivity (Wildman–Crippen MR) is 91.3 cm³/mol. The molecule has 1 aromatic rings. The molecule has 1 aromatic carbocycles. The maximum atomic E-state index is 12.6. The Hall–Kier alpha value is -1.93. The Labute approximate surface area is 147 Å². The quantitative estimate of drug-likeness (QED) is 0.710. The third-order valence-electron chi connectivity index (χ3n) is 4.57. The number of methoxy groups -OCH3 is 1. The molecule has 1 atom stereocenters. The summed E-state index contributed by atoms with van der Waals surface area (Å²) < 4.78 is 32.3. The van der Waals surface area contributed by atoms with E-state index in [1.807, 2.05) is 0 Å². The molecule has 2 N–H and O–H groups in total. The molecule has 0 radical (unpaired) electrons. The number of sulfonamides is 1. The van der Waals surface area contributed by atoms with Gasteiger partial charge in [-0.1, -0.05) is 49.6 Å². The summed E-state index contributed by atoms with van der Waals surface area (Å²) in [5, 5.41) is 9.40. The van der Waals surface area contributed by atoms with Crippen LogP contribution in [0.2, 0.25) is 0 Å². The summed E-state index contributed by atoms with van der Waals surface area (Å²) >= 11 is 0. The van der Waals surface area contributed by atoms with Gasteiger partial charge in [0.2, 0.25) is 10.0 Å². The predicted octanol–water partition coefficient (Wildman–Crippen LogP) is 1.86. The first-order valence-electron chi connectivity index (χ1n) is 8.16. The van der Waals surface area contributed by atoms with Gasteiger partial charge in [0.05, 0.1) is 18.3 Å². The molecule has 0 saturated heterocycles. The Morgan fingerprint density at radius 2 is 1.80 bits per heavy atom. The van der Waals surface area contributed by atoms with Crippen molar-refractivity contribution in [3.63, 3.8) is 0 Å². The molecular weight excluding hydrogens is 346 g/mol. The first kappa shape index (κ1) is 19.4. The van der Waals surface area contributed by atoms with Crippen LogP contribution in [0.25, 0.3) is 0 Å². The summed E-state index contributed by atoms with van der Waals surface area (Å²) in [6, 6.07) is 6.67. The van der Waals surface area contributed by atoms with Crippen molar-refractivity contribution >= 4 is 22.0 Å². The number of carboxylic acids is 1. The summed E-state index contributed by atoms with van der Waals surface area (Å²) in [5.41, 5.74) is -0.784. The minimum atomic E-state index is -4.02. The Balaban J connectivity index is 2.24. The smallest absolute Gasteiger partial charge is 0.326 e. The average molecular weight is 369 g/mol. The van der Waals surface area contributed by atoms with Crippen LogP contribution >= 0.6 is 0 Å². The van der Waals surface area contributed by atoms with Crippen LogP contribution in [0.3, 0.4) is 0 Å². The topological polar surface area (TPSA) is 110 Å². The Bertz CT molecular complexity index is 710. The van der Waals surface area contributed by atoms with Gasteiger partial charge in [-0.05, 0) is 18.4 Å². The highest BCUT2D eigenvalue weighted by Gasteiger charge is 2.45.